The van der Waals surface area contributed by atoms with E-state index in [0.29, 0.717) is 13.0 Å². The summed E-state index contributed by atoms with van der Waals surface area (Å²) in [5, 5.41) is 9.16. The zero-order valence-electron chi connectivity index (χ0n) is 27.2. The molecule has 2 aromatic heterocycles. The molecule has 0 amide bonds. The predicted octanol–water partition coefficient (Wildman–Crippen LogP) is 8.05. The number of anilines is 2. The van der Waals surface area contributed by atoms with Crippen LogP contribution < -0.4 is 20.1 Å². The van der Waals surface area contributed by atoms with Gasteiger partial charge in [-0.2, -0.15) is 24.0 Å². The Balaban J connectivity index is 1.39. The number of piperidine rings is 1. The number of ether oxygens (including phenoxy) is 3. The Morgan fingerprint density at radius 3 is 2.71 bits per heavy atom. The van der Waals surface area contributed by atoms with Crippen LogP contribution in [-0.2, 0) is 4.74 Å². The molecule has 2 aromatic carbocycles. The molecule has 4 aliphatic heterocycles. The molecule has 2 N–H and O–H groups in total. The van der Waals surface area contributed by atoms with Crippen molar-refractivity contribution in [2.24, 2.45) is 5.92 Å². The molecular weight excluding hydrogens is 741 g/mol. The van der Waals surface area contributed by atoms with Gasteiger partial charge in [0.05, 0.1) is 26.2 Å². The summed E-state index contributed by atoms with van der Waals surface area (Å²) < 4.78 is 120. The Hall–Kier alpha value is -3.85. The SMILES string of the molecule is N#Cc1c(N)sc2c(F)ccc(-c3c(Cl)c4c5c(nc(OCC67CCCN6C[C@H](F)C7)nc5c3F)N3CCCC(C(F)F)C3CC(OC(F)F)O4)c12. The van der Waals surface area contributed by atoms with Crippen molar-refractivity contribution >= 4 is 54.7 Å². The molecule has 3 fully saturated rings. The molecule has 9 nitrogen and oxygen atoms in total. The molecule has 4 unspecified atom stereocenters. The van der Waals surface area contributed by atoms with E-state index < -0.39 is 82.9 Å². The van der Waals surface area contributed by atoms with E-state index in [-0.39, 0.29) is 82.4 Å². The Kier molecular flexibility index (Phi) is 8.95. The molecule has 18 heteroatoms. The summed E-state index contributed by atoms with van der Waals surface area (Å²) in [5.41, 5.74) is 4.28. The number of nitrogens with zero attached hydrogens (tertiary/aromatic N) is 5. The Labute approximate surface area is 301 Å². The zero-order chi connectivity index (χ0) is 36.6. The van der Waals surface area contributed by atoms with Gasteiger partial charge in [-0.3, -0.25) is 9.64 Å². The van der Waals surface area contributed by atoms with Crippen LogP contribution in [0.4, 0.5) is 41.6 Å². The van der Waals surface area contributed by atoms with Crippen LogP contribution in [-0.4, -0.2) is 78.2 Å². The molecule has 0 saturated carbocycles. The first-order chi connectivity index (χ1) is 24.9. The number of hydrogen-bond donors (Lipinski definition) is 1. The molecule has 3 saturated heterocycles. The van der Waals surface area contributed by atoms with Gasteiger partial charge in [-0.05, 0) is 43.9 Å². The van der Waals surface area contributed by atoms with E-state index in [9.17, 15) is 27.2 Å². The van der Waals surface area contributed by atoms with Crippen LogP contribution in [0.3, 0.4) is 0 Å². The first-order valence-corrected chi connectivity index (χ1v) is 17.9. The third kappa shape index (κ3) is 5.64. The van der Waals surface area contributed by atoms with Crippen LogP contribution in [0.2, 0.25) is 5.02 Å². The van der Waals surface area contributed by atoms with Gasteiger partial charge >= 0.3 is 12.6 Å². The van der Waals surface area contributed by atoms with Crippen LogP contribution in [0.1, 0.15) is 44.1 Å². The number of nitrogen functional groups attached to an aromatic ring is 1. The summed E-state index contributed by atoms with van der Waals surface area (Å²) >= 11 is 7.71. The van der Waals surface area contributed by atoms with E-state index in [1.807, 2.05) is 11.0 Å². The lowest BCUT2D eigenvalue weighted by Gasteiger charge is -2.44. The van der Waals surface area contributed by atoms with Crippen molar-refractivity contribution in [1.29, 1.82) is 5.26 Å². The number of aromatic nitrogens is 2. The number of alkyl halides is 5. The smallest absolute Gasteiger partial charge is 0.348 e. The fourth-order valence-electron chi connectivity index (χ4n) is 8.53. The van der Waals surface area contributed by atoms with Gasteiger partial charge in [-0.1, -0.05) is 17.7 Å². The number of nitrogens with two attached hydrogens (primary N) is 1. The third-order valence-corrected chi connectivity index (χ3v) is 12.1. The summed E-state index contributed by atoms with van der Waals surface area (Å²) in [6.45, 7) is -2.40. The number of benzene rings is 2. The molecule has 6 heterocycles. The summed E-state index contributed by atoms with van der Waals surface area (Å²) in [5.74, 6) is -3.63. The van der Waals surface area contributed by atoms with Crippen LogP contribution in [0, 0.1) is 28.9 Å². The lowest BCUT2D eigenvalue weighted by atomic mass is 9.86. The van der Waals surface area contributed by atoms with Crippen molar-refractivity contribution in [3.63, 3.8) is 0 Å². The molecule has 0 spiro atoms. The van der Waals surface area contributed by atoms with Crippen LogP contribution in [0.15, 0.2) is 12.1 Å². The zero-order valence-corrected chi connectivity index (χ0v) is 28.7. The van der Waals surface area contributed by atoms with E-state index in [1.54, 1.807) is 0 Å². The van der Waals surface area contributed by atoms with Crippen molar-refractivity contribution < 1.29 is 44.9 Å². The maximum absolute atomic E-state index is 17.3. The van der Waals surface area contributed by atoms with Crippen LogP contribution in [0.25, 0.3) is 32.1 Å². The number of hydrogen-bond acceptors (Lipinski definition) is 10. The number of fused-ring (bicyclic) bond motifs is 4. The molecule has 4 aliphatic rings. The Bertz CT molecular complexity index is 2120. The van der Waals surface area contributed by atoms with Gasteiger partial charge in [0.25, 0.3) is 0 Å². The molecule has 4 aromatic rings. The van der Waals surface area contributed by atoms with Crippen molar-refractivity contribution in [2.75, 3.05) is 36.9 Å². The second kappa shape index (κ2) is 13.2. The van der Waals surface area contributed by atoms with Crippen LogP contribution >= 0.6 is 22.9 Å². The highest BCUT2D eigenvalue weighted by atomic mass is 35.5. The lowest BCUT2D eigenvalue weighted by molar-refractivity contribution is -0.222. The molecule has 276 valence electrons. The van der Waals surface area contributed by atoms with Crippen molar-refractivity contribution in [3.8, 4) is 29.0 Å². The largest absolute Gasteiger partial charge is 0.462 e. The number of rotatable bonds is 7. The van der Waals surface area contributed by atoms with Gasteiger partial charge in [0, 0.05) is 48.8 Å². The molecule has 0 bridgehead atoms. The van der Waals surface area contributed by atoms with Gasteiger partial charge in [0.2, 0.25) is 12.7 Å². The van der Waals surface area contributed by atoms with E-state index in [2.05, 4.69) is 9.97 Å². The first kappa shape index (κ1) is 35.2. The number of nitriles is 1. The maximum atomic E-state index is 17.3. The average Bonchev–Trinajstić information content (AvgIpc) is 3.74. The Morgan fingerprint density at radius 2 is 1.96 bits per heavy atom. The molecule has 0 aliphatic carbocycles. The topological polar surface area (TPSA) is 110 Å². The van der Waals surface area contributed by atoms with E-state index >= 15 is 8.78 Å². The monoisotopic (exact) mass is 770 g/mol. The minimum Gasteiger partial charge on any atom is -0.462 e. The van der Waals surface area contributed by atoms with Gasteiger partial charge in [0.15, 0.2) is 11.6 Å². The van der Waals surface area contributed by atoms with Gasteiger partial charge in [-0.25, -0.2) is 22.0 Å². The van der Waals surface area contributed by atoms with E-state index in [4.69, 9.17) is 31.5 Å². The van der Waals surface area contributed by atoms with Crippen molar-refractivity contribution in [3.05, 3.63) is 34.4 Å². The lowest BCUT2D eigenvalue weighted by Crippen LogP contribution is -2.51. The van der Waals surface area contributed by atoms with Gasteiger partial charge < -0.3 is 20.1 Å². The fourth-order valence-corrected chi connectivity index (χ4v) is 9.80. The number of halogens is 8. The van der Waals surface area contributed by atoms with Crippen LogP contribution in [0.5, 0.6) is 11.8 Å². The third-order valence-electron chi connectivity index (χ3n) is 10.7. The summed E-state index contributed by atoms with van der Waals surface area (Å²) in [6.07, 6.45) is -4.25. The molecule has 52 heavy (non-hydrogen) atoms. The predicted molar refractivity (Wildman–Crippen MR) is 179 cm³/mol. The second-order valence-electron chi connectivity index (χ2n) is 13.6. The van der Waals surface area contributed by atoms with Crippen molar-refractivity contribution in [1.82, 2.24) is 14.9 Å². The standard InChI is InChI=1S/C34H30ClF7N6O3S/c35-24-22(16-4-5-18(37)28-21(16)17(11-43)30(44)52-28)25(38)26-23-27(24)50-20(51-32(41)42)9-19-15(29(39)40)3-1-8-48(19)31(23)46-33(45-26)49-13-34-6-2-7-47(34)12-14(36)10-34/h4-5,14-15,19-20,29,32H,1-3,6-10,12-13,44H2/t14-,15?,19?,20?,34?/m1/s1. The summed E-state index contributed by atoms with van der Waals surface area (Å²) in [4.78, 5) is 12.5. The van der Waals surface area contributed by atoms with Gasteiger partial charge in [-0.15, -0.1) is 11.3 Å². The Morgan fingerprint density at radius 1 is 1.15 bits per heavy atom. The first-order valence-electron chi connectivity index (χ1n) is 16.7. The summed E-state index contributed by atoms with van der Waals surface area (Å²) in [7, 11) is 0. The van der Waals surface area contributed by atoms with E-state index in [1.165, 1.54) is 11.0 Å². The maximum Gasteiger partial charge on any atom is 0.348 e. The molecule has 8 rings (SSSR count). The van der Waals surface area contributed by atoms with E-state index in [0.717, 1.165) is 23.8 Å². The minimum absolute atomic E-state index is 0.0368. The highest BCUT2D eigenvalue weighted by molar-refractivity contribution is 7.23. The normalized spacial score (nSPS) is 26.1. The average molecular weight is 771 g/mol. The highest BCUT2D eigenvalue weighted by Crippen LogP contribution is 2.52. The van der Waals surface area contributed by atoms with Crippen molar-refractivity contribution in [2.45, 2.75) is 75.6 Å². The molecule has 0 radical (unpaired) electrons. The quantitative estimate of drug-likeness (QED) is 0.187. The summed E-state index contributed by atoms with van der Waals surface area (Å²) in [6, 6.07) is 2.66. The molecule has 5 atom stereocenters. The minimum atomic E-state index is -3.38. The molecular formula is C34H30ClF7N6O3S. The number of thiophene rings is 1. The highest BCUT2D eigenvalue weighted by Gasteiger charge is 2.50. The van der Waals surface area contributed by atoms with Gasteiger partial charge in [0.1, 0.15) is 41.0 Å². The second-order valence-corrected chi connectivity index (χ2v) is 15.0. The fraction of sp³-hybridized carbons (Fsp3) is 0.500.